The molecule has 0 aromatic carbocycles. The zero-order valence-electron chi connectivity index (χ0n) is 11.5. The van der Waals surface area contributed by atoms with E-state index >= 15 is 0 Å². The van der Waals surface area contributed by atoms with Crippen molar-refractivity contribution in [2.75, 3.05) is 13.6 Å². The van der Waals surface area contributed by atoms with Crippen LogP contribution in [0, 0.1) is 5.92 Å². The summed E-state index contributed by atoms with van der Waals surface area (Å²) in [5.41, 5.74) is 6.08. The minimum atomic E-state index is 0.649. The van der Waals surface area contributed by atoms with Crippen molar-refractivity contribution in [2.24, 2.45) is 11.7 Å². The van der Waals surface area contributed by atoms with Crippen LogP contribution < -0.4 is 5.73 Å². The molecule has 2 N–H and O–H groups in total. The van der Waals surface area contributed by atoms with E-state index in [9.17, 15) is 0 Å². The van der Waals surface area contributed by atoms with E-state index in [4.69, 9.17) is 5.73 Å². The summed E-state index contributed by atoms with van der Waals surface area (Å²) in [5, 5.41) is 0. The molecule has 0 heterocycles. The summed E-state index contributed by atoms with van der Waals surface area (Å²) in [5.74, 6) is 0.869. The lowest BCUT2D eigenvalue weighted by Gasteiger charge is -2.37. The van der Waals surface area contributed by atoms with Crippen LogP contribution in [-0.4, -0.2) is 30.6 Å². The molecule has 2 saturated carbocycles. The first kappa shape index (κ1) is 13.4. The van der Waals surface area contributed by atoms with Crippen molar-refractivity contribution >= 4 is 0 Å². The summed E-state index contributed by atoms with van der Waals surface area (Å²) in [4.78, 5) is 2.64. The normalized spacial score (nSPS) is 26.3. The Balaban J connectivity index is 1.92. The molecule has 2 heteroatoms. The highest BCUT2D eigenvalue weighted by Crippen LogP contribution is 2.31. The summed E-state index contributed by atoms with van der Waals surface area (Å²) in [6, 6.07) is 1.48. The van der Waals surface area contributed by atoms with Crippen molar-refractivity contribution in [3.8, 4) is 0 Å². The quantitative estimate of drug-likeness (QED) is 0.762. The molecule has 0 saturated heterocycles. The standard InChI is InChI=1S/C15H30N2/c1-17(14-10-6-7-11-14)15(12-16)13-8-4-2-3-5-9-13/h13-15H,2-12,16H2,1H3. The molecule has 0 bridgehead atoms. The van der Waals surface area contributed by atoms with E-state index in [1.54, 1.807) is 0 Å². The molecule has 1 unspecified atom stereocenters. The van der Waals surface area contributed by atoms with Gasteiger partial charge in [0.25, 0.3) is 0 Å². The van der Waals surface area contributed by atoms with Crippen LogP contribution in [-0.2, 0) is 0 Å². The molecule has 0 radical (unpaired) electrons. The van der Waals surface area contributed by atoms with Crippen LogP contribution in [0.4, 0.5) is 0 Å². The Labute approximate surface area is 107 Å². The molecule has 1 atom stereocenters. The van der Waals surface area contributed by atoms with Crippen molar-refractivity contribution in [2.45, 2.75) is 76.3 Å². The Morgan fingerprint density at radius 3 is 2.00 bits per heavy atom. The van der Waals surface area contributed by atoms with Crippen LogP contribution in [0.3, 0.4) is 0 Å². The van der Waals surface area contributed by atoms with E-state index in [2.05, 4.69) is 11.9 Å². The lowest BCUT2D eigenvalue weighted by Crippen LogP contribution is -2.47. The van der Waals surface area contributed by atoms with Gasteiger partial charge in [-0.1, -0.05) is 38.5 Å². The molecule has 0 spiro atoms. The first-order valence-electron chi connectivity index (χ1n) is 7.75. The first-order valence-corrected chi connectivity index (χ1v) is 7.75. The Morgan fingerprint density at radius 1 is 0.941 bits per heavy atom. The predicted molar refractivity (Wildman–Crippen MR) is 74.1 cm³/mol. The molecule has 0 aliphatic heterocycles. The molecule has 2 aliphatic rings. The summed E-state index contributed by atoms with van der Waals surface area (Å²) in [7, 11) is 2.33. The fraction of sp³-hybridized carbons (Fsp3) is 1.00. The van der Waals surface area contributed by atoms with Gasteiger partial charge in [-0.3, -0.25) is 4.90 Å². The highest BCUT2D eigenvalue weighted by molar-refractivity contribution is 4.86. The van der Waals surface area contributed by atoms with Crippen molar-refractivity contribution < 1.29 is 0 Å². The second-order valence-corrected chi connectivity index (χ2v) is 6.16. The molecule has 0 amide bonds. The molecule has 0 aromatic rings. The lowest BCUT2D eigenvalue weighted by atomic mass is 9.90. The van der Waals surface area contributed by atoms with Crippen LogP contribution in [0.1, 0.15) is 64.2 Å². The maximum atomic E-state index is 6.08. The second kappa shape index (κ2) is 6.75. The van der Waals surface area contributed by atoms with Gasteiger partial charge < -0.3 is 5.73 Å². The summed E-state index contributed by atoms with van der Waals surface area (Å²) in [6.07, 6.45) is 14.2. The average Bonchev–Trinajstić information content (AvgIpc) is 2.75. The molecule has 2 rings (SSSR count). The van der Waals surface area contributed by atoms with Crippen LogP contribution >= 0.6 is 0 Å². The molecule has 2 nitrogen and oxygen atoms in total. The Morgan fingerprint density at radius 2 is 1.47 bits per heavy atom. The molecule has 0 aromatic heterocycles. The van der Waals surface area contributed by atoms with Gasteiger partial charge in [0.2, 0.25) is 0 Å². The maximum Gasteiger partial charge on any atom is 0.0246 e. The zero-order valence-corrected chi connectivity index (χ0v) is 11.5. The van der Waals surface area contributed by atoms with Gasteiger partial charge in [0.05, 0.1) is 0 Å². The third-order valence-electron chi connectivity index (χ3n) is 5.11. The van der Waals surface area contributed by atoms with Gasteiger partial charge in [0, 0.05) is 18.6 Å². The largest absolute Gasteiger partial charge is 0.329 e. The van der Waals surface area contributed by atoms with Crippen molar-refractivity contribution in [1.82, 2.24) is 4.90 Å². The zero-order chi connectivity index (χ0) is 12.1. The number of likely N-dealkylation sites (N-methyl/N-ethyl adjacent to an activating group) is 1. The highest BCUT2D eigenvalue weighted by Gasteiger charge is 2.30. The Bertz CT molecular complexity index is 201. The fourth-order valence-corrected chi connectivity index (χ4v) is 3.97. The molecule has 17 heavy (non-hydrogen) atoms. The van der Waals surface area contributed by atoms with Gasteiger partial charge in [0.1, 0.15) is 0 Å². The number of hydrogen-bond donors (Lipinski definition) is 1. The van der Waals surface area contributed by atoms with Gasteiger partial charge in [-0.15, -0.1) is 0 Å². The topological polar surface area (TPSA) is 29.3 Å². The summed E-state index contributed by atoms with van der Waals surface area (Å²) >= 11 is 0. The van der Waals surface area contributed by atoms with Gasteiger partial charge in [-0.05, 0) is 38.6 Å². The molecule has 2 fully saturated rings. The van der Waals surface area contributed by atoms with Crippen LogP contribution in [0.25, 0.3) is 0 Å². The van der Waals surface area contributed by atoms with E-state index in [1.165, 1.54) is 64.2 Å². The van der Waals surface area contributed by atoms with Crippen molar-refractivity contribution in [3.05, 3.63) is 0 Å². The van der Waals surface area contributed by atoms with Gasteiger partial charge in [0.15, 0.2) is 0 Å². The molecule has 2 aliphatic carbocycles. The van der Waals surface area contributed by atoms with Gasteiger partial charge in [-0.2, -0.15) is 0 Å². The SMILES string of the molecule is CN(C1CCCC1)C(CN)C1CCCCCC1. The number of rotatable bonds is 4. The van der Waals surface area contributed by atoms with E-state index in [-0.39, 0.29) is 0 Å². The Kier molecular flexibility index (Phi) is 5.30. The third kappa shape index (κ3) is 3.45. The van der Waals surface area contributed by atoms with E-state index in [0.29, 0.717) is 6.04 Å². The molecular weight excluding hydrogens is 208 g/mol. The second-order valence-electron chi connectivity index (χ2n) is 6.16. The number of hydrogen-bond acceptors (Lipinski definition) is 2. The minimum Gasteiger partial charge on any atom is -0.329 e. The lowest BCUT2D eigenvalue weighted by molar-refractivity contribution is 0.120. The maximum absolute atomic E-state index is 6.08. The fourth-order valence-electron chi connectivity index (χ4n) is 3.97. The predicted octanol–water partition coefficient (Wildman–Crippen LogP) is 3.16. The summed E-state index contributed by atoms with van der Waals surface area (Å²) < 4.78 is 0. The summed E-state index contributed by atoms with van der Waals surface area (Å²) in [6.45, 7) is 0.859. The monoisotopic (exact) mass is 238 g/mol. The smallest absolute Gasteiger partial charge is 0.0246 e. The number of nitrogens with two attached hydrogens (primary N) is 1. The van der Waals surface area contributed by atoms with E-state index < -0.39 is 0 Å². The molecular formula is C15H30N2. The first-order chi connectivity index (χ1) is 8.33. The van der Waals surface area contributed by atoms with Crippen LogP contribution in [0.5, 0.6) is 0 Å². The minimum absolute atomic E-state index is 0.649. The van der Waals surface area contributed by atoms with Gasteiger partial charge in [-0.25, -0.2) is 0 Å². The van der Waals surface area contributed by atoms with Crippen LogP contribution in [0.15, 0.2) is 0 Å². The number of nitrogens with zero attached hydrogens (tertiary/aromatic N) is 1. The van der Waals surface area contributed by atoms with Crippen LogP contribution in [0.2, 0.25) is 0 Å². The van der Waals surface area contributed by atoms with E-state index in [0.717, 1.165) is 18.5 Å². The van der Waals surface area contributed by atoms with Gasteiger partial charge >= 0.3 is 0 Å². The van der Waals surface area contributed by atoms with Crippen molar-refractivity contribution in [3.63, 3.8) is 0 Å². The third-order valence-corrected chi connectivity index (χ3v) is 5.11. The van der Waals surface area contributed by atoms with Crippen molar-refractivity contribution in [1.29, 1.82) is 0 Å². The average molecular weight is 238 g/mol. The highest BCUT2D eigenvalue weighted by atomic mass is 15.2. The molecule has 100 valence electrons. The Hall–Kier alpha value is -0.0800. The van der Waals surface area contributed by atoms with E-state index in [1.807, 2.05) is 0 Å².